The van der Waals surface area contributed by atoms with Crippen LogP contribution in [-0.4, -0.2) is 273 Å². The lowest BCUT2D eigenvalue weighted by molar-refractivity contribution is -0.121. The molecule has 3 unspecified atom stereocenters. The van der Waals surface area contributed by atoms with E-state index in [0.717, 1.165) is 50.1 Å². The fourth-order valence-electron chi connectivity index (χ4n) is 15.2. The van der Waals surface area contributed by atoms with Crippen LogP contribution in [0.4, 0.5) is 4.79 Å². The molecule has 4 heterocycles. The van der Waals surface area contributed by atoms with Gasteiger partial charge >= 0.3 is 6.03 Å². The number of sulfonamides is 3. The van der Waals surface area contributed by atoms with E-state index in [1.54, 1.807) is 54.6 Å². The molecule has 4 aliphatic heterocycles. The second kappa shape index (κ2) is 48.1. The van der Waals surface area contributed by atoms with Gasteiger partial charge in [0, 0.05) is 177 Å². The number of hydrogen-bond acceptors (Lipinski definition) is 21. The predicted octanol–water partition coefficient (Wildman–Crippen LogP) is 8.73. The largest absolute Gasteiger partial charge is 0.379 e. The van der Waals surface area contributed by atoms with Crippen molar-refractivity contribution in [2.24, 2.45) is 0 Å². The molecule has 0 spiro atoms. The minimum Gasteiger partial charge on any atom is -0.379 e. The maximum absolute atomic E-state index is 14.0. The van der Waals surface area contributed by atoms with Crippen LogP contribution < -0.4 is 40.8 Å². The number of amides is 5. The average molecular weight is 1860 g/mol. The van der Waals surface area contributed by atoms with Gasteiger partial charge in [-0.3, -0.25) is 19.3 Å². The van der Waals surface area contributed by atoms with Gasteiger partial charge in [0.1, 0.15) is 0 Å². The van der Waals surface area contributed by atoms with E-state index in [1.165, 1.54) is 18.2 Å². The van der Waals surface area contributed by atoms with E-state index in [4.69, 9.17) is 103 Å². The monoisotopic (exact) mass is 1850 g/mol. The van der Waals surface area contributed by atoms with Crippen LogP contribution in [0.25, 0.3) is 0 Å². The minimum atomic E-state index is -3.91. The van der Waals surface area contributed by atoms with E-state index in [9.17, 15) is 44.4 Å². The number of carbonyl (C=O) groups is 4. The predicted molar refractivity (Wildman–Crippen MR) is 467 cm³/mol. The molecule has 0 aliphatic carbocycles. The Morgan fingerprint density at radius 1 is 0.405 bits per heavy atom. The van der Waals surface area contributed by atoms with Crippen LogP contribution in [-0.2, 0) is 97.2 Å². The molecule has 0 saturated carbocycles. The lowest BCUT2D eigenvalue weighted by Crippen LogP contribution is -2.54. The van der Waals surface area contributed by atoms with Gasteiger partial charge in [-0.2, -0.15) is 0 Å². The molecule has 0 aromatic heterocycles. The van der Waals surface area contributed by atoms with Crippen molar-refractivity contribution in [3.8, 4) is 0 Å². The summed E-state index contributed by atoms with van der Waals surface area (Å²) in [5.74, 6) is -1.62. The highest BCUT2D eigenvalue weighted by Gasteiger charge is 2.36. The van der Waals surface area contributed by atoms with E-state index < -0.39 is 41.6 Å². The van der Waals surface area contributed by atoms with Crippen molar-refractivity contribution in [2.75, 3.05) is 199 Å². The molecule has 3 atom stereocenters. The van der Waals surface area contributed by atoms with Gasteiger partial charge in [0.2, 0.25) is 47.8 Å². The van der Waals surface area contributed by atoms with Crippen LogP contribution in [0.5, 0.6) is 0 Å². The summed E-state index contributed by atoms with van der Waals surface area (Å²) in [5, 5.41) is 17.8. The van der Waals surface area contributed by atoms with Crippen LogP contribution in [0.15, 0.2) is 124 Å². The molecule has 1 saturated heterocycles. The summed E-state index contributed by atoms with van der Waals surface area (Å²) in [4.78, 5) is 64.0. The molecule has 38 heteroatoms. The van der Waals surface area contributed by atoms with Gasteiger partial charge in [-0.25, -0.2) is 44.2 Å². The Morgan fingerprint density at radius 3 is 1.02 bits per heavy atom. The summed E-state index contributed by atoms with van der Waals surface area (Å²) in [7, 11) is -5.79. The van der Waals surface area contributed by atoms with Gasteiger partial charge in [0.25, 0.3) is 0 Å². The summed E-state index contributed by atoms with van der Waals surface area (Å²) >= 11 is 39.0. The molecule has 29 nitrogen and oxygen atoms in total. The second-order valence-electron chi connectivity index (χ2n) is 30.4. The number of nitrogens with zero attached hydrogens (tertiary/aromatic N) is 4. The highest BCUT2D eigenvalue weighted by atomic mass is 35.5. The third-order valence-corrected chi connectivity index (χ3v) is 27.4. The lowest BCUT2D eigenvalue weighted by atomic mass is 9.83. The van der Waals surface area contributed by atoms with Gasteiger partial charge < -0.3 is 74.4 Å². The van der Waals surface area contributed by atoms with Crippen molar-refractivity contribution in [1.29, 1.82) is 0 Å². The molecule has 5 amide bonds. The van der Waals surface area contributed by atoms with Crippen molar-refractivity contribution in [3.63, 3.8) is 0 Å². The highest BCUT2D eigenvalue weighted by Crippen LogP contribution is 2.43. The number of hydrogen-bond donors (Lipinski definition) is 8. The molecule has 10 rings (SSSR count). The maximum atomic E-state index is 14.0. The zero-order chi connectivity index (χ0) is 86.5. The van der Waals surface area contributed by atoms with Gasteiger partial charge in [0.15, 0.2) is 0 Å². The molecule has 6 aromatic carbocycles. The number of ether oxygens (including phenoxy) is 7. The van der Waals surface area contributed by atoms with Crippen LogP contribution in [0.3, 0.4) is 0 Å². The highest BCUT2D eigenvalue weighted by molar-refractivity contribution is 7.90. The summed E-state index contributed by atoms with van der Waals surface area (Å²) in [6.07, 6.45) is -0.301. The number of morpholine rings is 1. The van der Waals surface area contributed by atoms with E-state index >= 15 is 0 Å². The van der Waals surface area contributed by atoms with Gasteiger partial charge in [-0.1, -0.05) is 106 Å². The molecule has 4 aliphatic rings. The first-order valence-corrected chi connectivity index (χ1v) is 47.2. The van der Waals surface area contributed by atoms with Crippen LogP contribution >= 0.6 is 69.6 Å². The second-order valence-corrected chi connectivity index (χ2v) is 38.2. The first-order chi connectivity index (χ1) is 58.0. The smallest absolute Gasteiger partial charge is 0.315 e. The van der Waals surface area contributed by atoms with Crippen molar-refractivity contribution < 1.29 is 77.6 Å². The Kier molecular flexibility index (Phi) is 38.7. The molecule has 121 heavy (non-hydrogen) atoms. The Labute approximate surface area is 740 Å². The number of carbonyl (C=O) groups excluding carboxylic acids is 4. The van der Waals surface area contributed by atoms with Gasteiger partial charge in [-0.15, -0.1) is 0 Å². The zero-order valence-electron chi connectivity index (χ0n) is 68.3. The molecule has 0 bridgehead atoms. The summed E-state index contributed by atoms with van der Waals surface area (Å²) in [6, 6.07) is 30.7. The standard InChI is InChI=1S/C83H110Cl6N12O17S3/c1-98-52-70(67-46-61(84)49-76(87)73(67)55-98)58-7-4-10-64(43-58)119(106,107)94-23-32-115-40-37-112-29-20-90-79(102)13-16-83(97-82(105)93-19-26-101-27-35-118-36-28-101,17-14-80(103)91-21-30-113-38-41-116-33-24-95-120(108,109)65-11-5-8-59(44-65)71-53-99(2)56-74-68(71)47-62(85)50-77(74)88)18-15-81(104)92-22-31-114-39-42-117-34-25-96-121(110,111)66-12-6-9-60(45-66)72-54-100(3)57-75-69(72)48-63(86)51-78(75)89/h4-12,43-51,70-72,94-96H,13-42,52-57H2,1-3H3,(H,90,102)(H,91,103)(H,92,104)(H2,93,97,105). The first-order valence-electron chi connectivity index (χ1n) is 40.4. The number of urea groups is 1. The van der Waals surface area contributed by atoms with Crippen molar-refractivity contribution in [3.05, 3.63) is 189 Å². The number of likely N-dealkylation sites (N-methyl/N-ethyl adjacent to an activating group) is 3. The molecule has 0 radical (unpaired) electrons. The first kappa shape index (κ1) is 97.2. The van der Waals surface area contributed by atoms with E-state index in [0.29, 0.717) is 102 Å². The minimum absolute atomic E-state index is 0.00507. The van der Waals surface area contributed by atoms with Crippen molar-refractivity contribution in [2.45, 2.75) is 96.1 Å². The summed E-state index contributed by atoms with van der Waals surface area (Å²) in [5.41, 5.74) is 6.87. The molecule has 6 aromatic rings. The van der Waals surface area contributed by atoms with Crippen molar-refractivity contribution >= 4 is 123 Å². The molecule has 1 fully saturated rings. The number of halogens is 6. The third-order valence-electron chi connectivity index (χ3n) is 21.3. The number of fused-ring (bicyclic) bond motifs is 3. The molecular formula is C83H110Cl6N12O17S3. The lowest BCUT2D eigenvalue weighted by Gasteiger charge is -2.35. The van der Waals surface area contributed by atoms with E-state index in [-0.39, 0.29) is 214 Å². The quantitative estimate of drug-likeness (QED) is 0.0165. The maximum Gasteiger partial charge on any atom is 0.315 e. The Bertz CT molecular complexity index is 4380. The number of benzene rings is 6. The fraction of sp³-hybridized carbons (Fsp3) is 0.518. The third kappa shape index (κ3) is 30.4. The number of nitrogens with one attached hydrogen (secondary N) is 8. The summed E-state index contributed by atoms with van der Waals surface area (Å²) < 4.78 is 128. The topological polar surface area (TPSA) is 345 Å². The normalized spacial score (nSPS) is 17.3. The molecular weight excluding hydrogens is 1750 g/mol. The molecule has 664 valence electrons. The Balaban J connectivity index is 0.669. The van der Waals surface area contributed by atoms with Crippen molar-refractivity contribution in [1.82, 2.24) is 60.3 Å². The van der Waals surface area contributed by atoms with Crippen LogP contribution in [0, 0.1) is 0 Å². The van der Waals surface area contributed by atoms with Crippen LogP contribution in [0.1, 0.15) is 106 Å². The van der Waals surface area contributed by atoms with Gasteiger partial charge in [-0.05, 0) is 163 Å². The fourth-order valence-corrected chi connectivity index (χ4v) is 20.1. The SMILES string of the molecule is CN1Cc2c(Cl)cc(Cl)cc2C(c2cccc(S(=O)(=O)NCCOCCOCCNC(=O)CCC(CCC(=O)NCCOCCOCCNS(=O)(=O)c3cccc(C4CN(C)Cc5c(Cl)cc(Cl)cc54)c3)(CCC(=O)NCCOCCOCCNS(=O)(=O)c3cccc(C4CN(C)Cc5c(Cl)cc(Cl)cc54)c3)NC(=O)NCCN3CCOCC3)c2)C1. The Morgan fingerprint density at radius 2 is 0.711 bits per heavy atom. The van der Waals surface area contributed by atoms with Crippen LogP contribution in [0.2, 0.25) is 30.1 Å². The Hall–Kier alpha value is -5.97. The average Bonchev–Trinajstić information content (AvgIpc) is 0.780. The van der Waals surface area contributed by atoms with E-state index in [2.05, 4.69) is 60.3 Å². The number of rotatable bonds is 49. The molecule has 8 N–H and O–H groups in total. The zero-order valence-corrected chi connectivity index (χ0v) is 75.3. The van der Waals surface area contributed by atoms with Gasteiger partial charge in [0.05, 0.1) is 107 Å². The summed E-state index contributed by atoms with van der Waals surface area (Å²) in [6.45, 7) is 8.78. The van der Waals surface area contributed by atoms with E-state index in [1.807, 2.05) is 57.5 Å².